The van der Waals surface area contributed by atoms with Crippen LogP contribution in [0.1, 0.15) is 40.7 Å². The van der Waals surface area contributed by atoms with Crippen molar-refractivity contribution in [3.8, 4) is 0 Å². The summed E-state index contributed by atoms with van der Waals surface area (Å²) in [5.74, 6) is -1.31. The quantitative estimate of drug-likeness (QED) is 0.466. The number of nitrogen functional groups attached to an aromatic ring is 1. The van der Waals surface area contributed by atoms with Gasteiger partial charge in [0, 0.05) is 4.88 Å². The number of rotatable bonds is 8. The maximum Gasteiger partial charge on any atom is 0.341 e. The monoisotopic (exact) mass is 441 g/mol. The maximum atomic E-state index is 12.9. The zero-order valence-electron chi connectivity index (χ0n) is 16.8. The molecular formula is C17H23N5O5S2. The van der Waals surface area contributed by atoms with Crippen molar-refractivity contribution in [3.05, 3.63) is 16.0 Å². The summed E-state index contributed by atoms with van der Waals surface area (Å²) >= 11 is 2.35. The zero-order valence-corrected chi connectivity index (χ0v) is 18.4. The van der Waals surface area contributed by atoms with Crippen molar-refractivity contribution in [2.75, 3.05) is 30.5 Å². The minimum absolute atomic E-state index is 0.000701. The number of aryl methyl sites for hydroxylation is 1. The molecule has 0 aliphatic carbocycles. The van der Waals surface area contributed by atoms with Gasteiger partial charge in [-0.3, -0.25) is 14.2 Å². The molecule has 0 spiro atoms. The van der Waals surface area contributed by atoms with E-state index in [0.717, 1.165) is 22.2 Å². The van der Waals surface area contributed by atoms with Crippen molar-refractivity contribution < 1.29 is 23.9 Å². The second-order valence-electron chi connectivity index (χ2n) is 5.95. The molecular weight excluding hydrogens is 418 g/mol. The lowest BCUT2D eigenvalue weighted by Gasteiger charge is -2.16. The third-order valence-electron chi connectivity index (χ3n) is 4.11. The van der Waals surface area contributed by atoms with Crippen LogP contribution in [0.5, 0.6) is 0 Å². The van der Waals surface area contributed by atoms with E-state index in [1.807, 2.05) is 6.92 Å². The van der Waals surface area contributed by atoms with Crippen LogP contribution < -0.4 is 11.1 Å². The highest BCUT2D eigenvalue weighted by atomic mass is 32.2. The van der Waals surface area contributed by atoms with Crippen LogP contribution >= 0.6 is 23.1 Å². The number of hydrogen-bond donors (Lipinski definition) is 2. The van der Waals surface area contributed by atoms with E-state index in [1.165, 1.54) is 23.0 Å². The molecule has 0 fully saturated rings. The van der Waals surface area contributed by atoms with Gasteiger partial charge in [-0.05, 0) is 33.3 Å². The van der Waals surface area contributed by atoms with Crippen LogP contribution in [0.2, 0.25) is 0 Å². The average molecular weight is 442 g/mol. The van der Waals surface area contributed by atoms with Crippen molar-refractivity contribution in [3.63, 3.8) is 0 Å². The Balaban J connectivity index is 2.25. The van der Waals surface area contributed by atoms with Gasteiger partial charge in [-0.25, -0.2) is 4.79 Å². The van der Waals surface area contributed by atoms with Crippen molar-refractivity contribution in [2.24, 2.45) is 0 Å². The fraction of sp³-hybridized carbons (Fsp3) is 0.471. The lowest BCUT2D eigenvalue weighted by atomic mass is 10.1. The normalized spacial score (nSPS) is 11.8. The fourth-order valence-electron chi connectivity index (χ4n) is 2.43. The number of hydrogen-bond acceptors (Lipinski definition) is 10. The van der Waals surface area contributed by atoms with Gasteiger partial charge < -0.3 is 20.5 Å². The lowest BCUT2D eigenvalue weighted by Crippen LogP contribution is -2.26. The maximum absolute atomic E-state index is 12.9. The van der Waals surface area contributed by atoms with Gasteiger partial charge >= 0.3 is 11.9 Å². The van der Waals surface area contributed by atoms with Gasteiger partial charge in [0.2, 0.25) is 11.9 Å². The summed E-state index contributed by atoms with van der Waals surface area (Å²) in [6, 6.07) is -0.789. The van der Waals surface area contributed by atoms with E-state index in [9.17, 15) is 14.4 Å². The van der Waals surface area contributed by atoms with Crippen LogP contribution in [0.4, 0.5) is 10.9 Å². The van der Waals surface area contributed by atoms with Gasteiger partial charge in [-0.15, -0.1) is 21.5 Å². The first-order valence-corrected chi connectivity index (χ1v) is 10.5. The van der Waals surface area contributed by atoms with Crippen molar-refractivity contribution in [2.45, 2.75) is 38.9 Å². The molecule has 0 saturated carbocycles. The largest absolute Gasteiger partial charge is 0.468 e. The van der Waals surface area contributed by atoms with Crippen LogP contribution in [-0.4, -0.2) is 52.1 Å². The number of thiophene rings is 1. The molecule has 0 radical (unpaired) electrons. The summed E-state index contributed by atoms with van der Waals surface area (Å²) in [6.45, 7) is 7.23. The summed E-state index contributed by atoms with van der Waals surface area (Å²) in [7, 11) is 1.28. The molecule has 1 amide bonds. The Kier molecular flexibility index (Phi) is 7.62. The van der Waals surface area contributed by atoms with Gasteiger partial charge in [0.25, 0.3) is 0 Å². The number of thioether (sulfide) groups is 1. The number of nitrogens with one attached hydrogen (secondary N) is 1. The van der Waals surface area contributed by atoms with Crippen molar-refractivity contribution in [1.29, 1.82) is 0 Å². The van der Waals surface area contributed by atoms with Crippen LogP contribution in [0.3, 0.4) is 0 Å². The first kappa shape index (κ1) is 22.7. The van der Waals surface area contributed by atoms with E-state index < -0.39 is 23.9 Å². The SMILES string of the molecule is CCOC(=O)c1c(NC(=O)C(C)n2c(N)nnc2SCC(=O)OC)sc(C)c1C. The van der Waals surface area contributed by atoms with Gasteiger partial charge in [0.1, 0.15) is 11.0 Å². The second-order valence-corrected chi connectivity index (χ2v) is 8.12. The van der Waals surface area contributed by atoms with E-state index in [2.05, 4.69) is 20.3 Å². The molecule has 10 nitrogen and oxygen atoms in total. The summed E-state index contributed by atoms with van der Waals surface area (Å²) in [6.07, 6.45) is 0. The highest BCUT2D eigenvalue weighted by Gasteiger charge is 2.27. The number of nitrogens with zero attached hydrogens (tertiary/aromatic N) is 3. The Morgan fingerprint density at radius 1 is 1.31 bits per heavy atom. The number of anilines is 2. The molecule has 1 atom stereocenters. The number of amides is 1. The second kappa shape index (κ2) is 9.74. The number of methoxy groups -OCH3 is 1. The molecule has 2 aromatic heterocycles. The average Bonchev–Trinajstić information content (AvgIpc) is 3.18. The molecule has 2 aromatic rings. The molecule has 0 bridgehead atoms. The lowest BCUT2D eigenvalue weighted by molar-refractivity contribution is -0.137. The highest BCUT2D eigenvalue weighted by Crippen LogP contribution is 2.34. The predicted molar refractivity (Wildman–Crippen MR) is 110 cm³/mol. The molecule has 0 aliphatic heterocycles. The first-order valence-electron chi connectivity index (χ1n) is 8.69. The van der Waals surface area contributed by atoms with Gasteiger partial charge in [-0.1, -0.05) is 11.8 Å². The zero-order chi connectivity index (χ0) is 21.7. The van der Waals surface area contributed by atoms with Crippen LogP contribution in [0, 0.1) is 13.8 Å². The van der Waals surface area contributed by atoms with Gasteiger partial charge in [0.05, 0.1) is 25.0 Å². The van der Waals surface area contributed by atoms with Crippen LogP contribution in [-0.2, 0) is 19.1 Å². The molecule has 0 aromatic carbocycles. The Hall–Kier alpha value is -2.60. The van der Waals surface area contributed by atoms with E-state index in [-0.39, 0.29) is 18.3 Å². The third-order valence-corrected chi connectivity index (χ3v) is 6.15. The topological polar surface area (TPSA) is 138 Å². The number of carbonyl (C=O) groups excluding carboxylic acids is 3. The molecule has 2 heterocycles. The summed E-state index contributed by atoms with van der Waals surface area (Å²) in [5.41, 5.74) is 6.97. The Morgan fingerprint density at radius 2 is 2.00 bits per heavy atom. The summed E-state index contributed by atoms with van der Waals surface area (Å²) < 4.78 is 11.1. The molecule has 29 heavy (non-hydrogen) atoms. The summed E-state index contributed by atoms with van der Waals surface area (Å²) in [4.78, 5) is 37.5. The number of ether oxygens (including phenoxy) is 2. The number of esters is 2. The minimum atomic E-state index is -0.789. The highest BCUT2D eigenvalue weighted by molar-refractivity contribution is 7.99. The van der Waals surface area contributed by atoms with E-state index in [4.69, 9.17) is 10.5 Å². The standard InChI is InChI=1S/C17H23N5O5S2/c1-6-27-15(25)12-8(2)10(4)29-14(12)19-13(24)9(3)22-16(18)20-21-17(22)28-7-11(23)26-5/h9H,6-7H2,1-5H3,(H2,18,20)(H,19,24). The van der Waals surface area contributed by atoms with Crippen LogP contribution in [0.25, 0.3) is 0 Å². The van der Waals surface area contributed by atoms with Crippen molar-refractivity contribution >= 4 is 51.9 Å². The predicted octanol–water partition coefficient (Wildman–Crippen LogP) is 2.18. The fourth-order valence-corrected chi connectivity index (χ4v) is 4.34. The minimum Gasteiger partial charge on any atom is -0.468 e. The molecule has 0 saturated heterocycles. The molecule has 158 valence electrons. The number of carbonyl (C=O) groups is 3. The number of aromatic nitrogens is 3. The first-order chi connectivity index (χ1) is 13.7. The Morgan fingerprint density at radius 3 is 2.62 bits per heavy atom. The van der Waals surface area contributed by atoms with E-state index in [1.54, 1.807) is 20.8 Å². The van der Waals surface area contributed by atoms with Crippen molar-refractivity contribution in [1.82, 2.24) is 14.8 Å². The summed E-state index contributed by atoms with van der Waals surface area (Å²) in [5, 5.41) is 11.2. The molecule has 1 unspecified atom stereocenters. The Bertz CT molecular complexity index is 924. The van der Waals surface area contributed by atoms with E-state index >= 15 is 0 Å². The molecule has 12 heteroatoms. The molecule has 2 rings (SSSR count). The van der Waals surface area contributed by atoms with Crippen LogP contribution in [0.15, 0.2) is 5.16 Å². The third kappa shape index (κ3) is 5.07. The van der Waals surface area contributed by atoms with Gasteiger partial charge in [0.15, 0.2) is 5.16 Å². The molecule has 3 N–H and O–H groups in total. The Labute approximate surface area is 176 Å². The van der Waals surface area contributed by atoms with E-state index in [0.29, 0.717) is 15.7 Å². The molecule has 0 aliphatic rings. The smallest absolute Gasteiger partial charge is 0.341 e. The number of nitrogens with two attached hydrogens (primary N) is 1. The van der Waals surface area contributed by atoms with Gasteiger partial charge in [-0.2, -0.15) is 0 Å².